The first-order valence-electron chi connectivity index (χ1n) is 11.3. The number of nitrogens with zero attached hydrogens (tertiary/aromatic N) is 3. The van der Waals surface area contributed by atoms with Crippen LogP contribution in [-0.4, -0.2) is 42.7 Å². The number of hydrogen-bond donors (Lipinski definition) is 1. The summed E-state index contributed by atoms with van der Waals surface area (Å²) in [6.07, 6.45) is 2.98. The highest BCUT2D eigenvalue weighted by molar-refractivity contribution is 7.98. The molecule has 0 bridgehead atoms. The number of hydrogen-bond acceptors (Lipinski definition) is 4. The molecule has 3 aromatic carbocycles. The standard InChI is InChI=1S/C27H29ClN4OS/c1-31(2)19-29-34-26-16-23(30-27(33)15-21-10-6-7-11-25(21)28)14-22-18-32(13-12-24(22)26)17-20-8-4-3-5-9-20/h3-11,14,16,19H,12-13,15,17-18H2,1-2H3,(H,30,33). The molecule has 0 aromatic heterocycles. The van der Waals surface area contributed by atoms with Gasteiger partial charge in [0.25, 0.3) is 0 Å². The van der Waals surface area contributed by atoms with Crippen LogP contribution in [0.3, 0.4) is 0 Å². The molecule has 1 aliphatic heterocycles. The fourth-order valence-corrected chi connectivity index (χ4v) is 5.12. The minimum atomic E-state index is -0.0854. The fourth-order valence-electron chi connectivity index (χ4n) is 4.04. The first-order valence-corrected chi connectivity index (χ1v) is 12.5. The molecule has 1 amide bonds. The van der Waals surface area contributed by atoms with Crippen LogP contribution in [-0.2, 0) is 30.7 Å². The highest BCUT2D eigenvalue weighted by atomic mass is 35.5. The van der Waals surface area contributed by atoms with E-state index in [-0.39, 0.29) is 12.3 Å². The molecule has 0 saturated heterocycles. The Kier molecular flexibility index (Phi) is 8.27. The molecule has 0 aliphatic carbocycles. The maximum atomic E-state index is 12.8. The van der Waals surface area contributed by atoms with E-state index in [0.717, 1.165) is 42.2 Å². The number of carbonyl (C=O) groups is 1. The first-order chi connectivity index (χ1) is 16.5. The Morgan fingerprint density at radius 2 is 1.91 bits per heavy atom. The number of carbonyl (C=O) groups excluding carboxylic acids is 1. The van der Waals surface area contributed by atoms with Crippen LogP contribution >= 0.6 is 23.5 Å². The Morgan fingerprint density at radius 1 is 1.15 bits per heavy atom. The van der Waals surface area contributed by atoms with E-state index in [1.165, 1.54) is 28.6 Å². The Bertz CT molecular complexity index is 1170. The zero-order chi connectivity index (χ0) is 23.9. The first kappa shape index (κ1) is 24.3. The molecule has 176 valence electrons. The molecule has 1 aliphatic rings. The molecular formula is C27H29ClN4OS. The average Bonchev–Trinajstić information content (AvgIpc) is 2.81. The molecule has 0 saturated carbocycles. The van der Waals surface area contributed by atoms with Crippen molar-refractivity contribution in [2.45, 2.75) is 30.8 Å². The van der Waals surface area contributed by atoms with Crippen molar-refractivity contribution in [1.29, 1.82) is 0 Å². The Hall–Kier alpha value is -2.80. The van der Waals surface area contributed by atoms with Crippen molar-refractivity contribution in [1.82, 2.24) is 9.80 Å². The van der Waals surface area contributed by atoms with Crippen LogP contribution in [0.1, 0.15) is 22.3 Å². The SMILES string of the molecule is CN(C)C=NSc1cc(NC(=O)Cc2ccccc2Cl)cc2c1CCN(Cc1ccccc1)C2. The van der Waals surface area contributed by atoms with Crippen LogP contribution in [0.4, 0.5) is 5.69 Å². The lowest BCUT2D eigenvalue weighted by Crippen LogP contribution is -2.30. The number of rotatable bonds is 8. The van der Waals surface area contributed by atoms with Crippen LogP contribution in [0, 0.1) is 0 Å². The van der Waals surface area contributed by atoms with Gasteiger partial charge in [-0.05, 0) is 46.9 Å². The molecule has 0 atom stereocenters. The number of halogens is 1. The van der Waals surface area contributed by atoms with E-state index in [4.69, 9.17) is 11.6 Å². The molecule has 0 fully saturated rings. The fraction of sp³-hybridized carbons (Fsp3) is 0.259. The molecule has 1 heterocycles. The Morgan fingerprint density at radius 3 is 2.68 bits per heavy atom. The summed E-state index contributed by atoms with van der Waals surface area (Å²) in [5.74, 6) is -0.0854. The van der Waals surface area contributed by atoms with Gasteiger partial charge < -0.3 is 10.2 Å². The van der Waals surface area contributed by atoms with Gasteiger partial charge in [0, 0.05) is 61.3 Å². The van der Waals surface area contributed by atoms with E-state index in [1.54, 1.807) is 6.34 Å². The Labute approximate surface area is 211 Å². The second-order valence-corrected chi connectivity index (χ2v) is 9.89. The molecule has 0 spiro atoms. The van der Waals surface area contributed by atoms with E-state index in [0.29, 0.717) is 5.02 Å². The summed E-state index contributed by atoms with van der Waals surface area (Å²) in [4.78, 5) is 18.2. The topological polar surface area (TPSA) is 47.9 Å². The number of fused-ring (bicyclic) bond motifs is 1. The third-order valence-electron chi connectivity index (χ3n) is 5.64. The van der Waals surface area contributed by atoms with E-state index in [9.17, 15) is 4.79 Å². The smallest absolute Gasteiger partial charge is 0.228 e. The van der Waals surface area contributed by atoms with Crippen molar-refractivity contribution in [2.75, 3.05) is 26.0 Å². The molecule has 1 N–H and O–H groups in total. The third-order valence-corrected chi connectivity index (χ3v) is 6.77. The number of benzene rings is 3. The van der Waals surface area contributed by atoms with Crippen molar-refractivity contribution >= 4 is 41.5 Å². The third kappa shape index (κ3) is 6.63. The second-order valence-electron chi connectivity index (χ2n) is 8.65. The molecule has 3 aromatic rings. The summed E-state index contributed by atoms with van der Waals surface area (Å²) in [5, 5.41) is 3.69. The van der Waals surface area contributed by atoms with Gasteiger partial charge in [0.05, 0.1) is 12.8 Å². The molecule has 5 nitrogen and oxygen atoms in total. The van der Waals surface area contributed by atoms with Gasteiger partial charge in [-0.1, -0.05) is 60.1 Å². The van der Waals surface area contributed by atoms with Gasteiger partial charge in [-0.3, -0.25) is 9.69 Å². The highest BCUT2D eigenvalue weighted by Gasteiger charge is 2.21. The van der Waals surface area contributed by atoms with Crippen LogP contribution in [0.15, 0.2) is 76.0 Å². The van der Waals surface area contributed by atoms with Crippen LogP contribution in [0.5, 0.6) is 0 Å². The molecule has 0 radical (unpaired) electrons. The maximum absolute atomic E-state index is 12.8. The van der Waals surface area contributed by atoms with Gasteiger partial charge in [0.2, 0.25) is 5.91 Å². The van der Waals surface area contributed by atoms with Crippen molar-refractivity contribution in [2.24, 2.45) is 4.40 Å². The lowest BCUT2D eigenvalue weighted by molar-refractivity contribution is -0.115. The minimum Gasteiger partial charge on any atom is -0.368 e. The molecule has 4 rings (SSSR count). The summed E-state index contributed by atoms with van der Waals surface area (Å²) >= 11 is 7.70. The lowest BCUT2D eigenvalue weighted by atomic mass is 9.98. The largest absolute Gasteiger partial charge is 0.368 e. The summed E-state index contributed by atoms with van der Waals surface area (Å²) in [6.45, 7) is 2.74. The number of nitrogens with one attached hydrogen (secondary N) is 1. The second kappa shape index (κ2) is 11.6. The number of anilines is 1. The molecule has 7 heteroatoms. The van der Waals surface area contributed by atoms with Crippen molar-refractivity contribution < 1.29 is 4.79 Å². The van der Waals surface area contributed by atoms with Gasteiger partial charge >= 0.3 is 0 Å². The van der Waals surface area contributed by atoms with Gasteiger partial charge in [-0.25, -0.2) is 4.40 Å². The molecular weight excluding hydrogens is 464 g/mol. The summed E-state index contributed by atoms with van der Waals surface area (Å²) in [7, 11) is 3.90. The van der Waals surface area contributed by atoms with Gasteiger partial charge in [0.15, 0.2) is 0 Å². The Balaban J connectivity index is 1.55. The monoisotopic (exact) mass is 492 g/mol. The highest BCUT2D eigenvalue weighted by Crippen LogP contribution is 2.34. The molecule has 34 heavy (non-hydrogen) atoms. The van der Waals surface area contributed by atoms with Crippen LogP contribution in [0.25, 0.3) is 0 Å². The van der Waals surface area contributed by atoms with Gasteiger partial charge in [0.1, 0.15) is 0 Å². The van der Waals surface area contributed by atoms with E-state index in [2.05, 4.69) is 44.9 Å². The minimum absolute atomic E-state index is 0.0854. The van der Waals surface area contributed by atoms with Gasteiger partial charge in [-0.15, -0.1) is 0 Å². The number of amides is 1. The zero-order valence-electron chi connectivity index (χ0n) is 19.5. The van der Waals surface area contributed by atoms with E-state index < -0.39 is 0 Å². The van der Waals surface area contributed by atoms with E-state index >= 15 is 0 Å². The predicted octanol–water partition coefficient (Wildman–Crippen LogP) is 5.68. The van der Waals surface area contributed by atoms with Crippen molar-refractivity contribution in [3.63, 3.8) is 0 Å². The predicted molar refractivity (Wildman–Crippen MR) is 143 cm³/mol. The summed E-state index contributed by atoms with van der Waals surface area (Å²) in [5.41, 5.74) is 5.47. The zero-order valence-corrected chi connectivity index (χ0v) is 21.1. The normalized spacial score (nSPS) is 13.6. The van der Waals surface area contributed by atoms with Crippen LogP contribution in [0.2, 0.25) is 5.02 Å². The lowest BCUT2D eigenvalue weighted by Gasteiger charge is -2.30. The maximum Gasteiger partial charge on any atom is 0.228 e. The summed E-state index contributed by atoms with van der Waals surface area (Å²) < 4.78 is 4.51. The van der Waals surface area contributed by atoms with Crippen molar-refractivity contribution in [3.8, 4) is 0 Å². The van der Waals surface area contributed by atoms with E-state index in [1.807, 2.05) is 55.4 Å². The summed E-state index contributed by atoms with van der Waals surface area (Å²) in [6, 6.07) is 22.1. The van der Waals surface area contributed by atoms with Gasteiger partial charge in [-0.2, -0.15) is 0 Å². The van der Waals surface area contributed by atoms with Crippen molar-refractivity contribution in [3.05, 3.63) is 94.0 Å². The van der Waals surface area contributed by atoms with Crippen LogP contribution < -0.4 is 5.32 Å². The average molecular weight is 493 g/mol. The molecule has 0 unspecified atom stereocenters. The quantitative estimate of drug-likeness (QED) is 0.250.